The molecule has 2 rings (SSSR count). The highest BCUT2D eigenvalue weighted by Crippen LogP contribution is 2.27. The zero-order valence-corrected chi connectivity index (χ0v) is 11.0. The number of halogens is 1. The van der Waals surface area contributed by atoms with Gasteiger partial charge in [-0.1, -0.05) is 11.6 Å². The van der Waals surface area contributed by atoms with Crippen molar-refractivity contribution in [1.29, 1.82) is 0 Å². The number of rotatable bonds is 3. The van der Waals surface area contributed by atoms with Crippen LogP contribution in [0.5, 0.6) is 5.75 Å². The van der Waals surface area contributed by atoms with Gasteiger partial charge in [0.15, 0.2) is 0 Å². The van der Waals surface area contributed by atoms with E-state index >= 15 is 0 Å². The van der Waals surface area contributed by atoms with Crippen LogP contribution in [-0.2, 0) is 4.74 Å². The van der Waals surface area contributed by atoms with E-state index in [-0.39, 0.29) is 6.10 Å². The van der Waals surface area contributed by atoms with Gasteiger partial charge in [-0.3, -0.25) is 0 Å². The molecular formula is C13H18ClNO2. The molecule has 0 amide bonds. The van der Waals surface area contributed by atoms with Crippen molar-refractivity contribution in [3.05, 3.63) is 28.3 Å². The van der Waals surface area contributed by atoms with Gasteiger partial charge in [-0.05, 0) is 37.1 Å². The van der Waals surface area contributed by atoms with Crippen LogP contribution in [0.15, 0.2) is 12.1 Å². The van der Waals surface area contributed by atoms with E-state index in [4.69, 9.17) is 21.1 Å². The van der Waals surface area contributed by atoms with E-state index in [2.05, 4.69) is 5.32 Å². The first-order chi connectivity index (χ1) is 8.16. The lowest BCUT2D eigenvalue weighted by molar-refractivity contribution is -0.0000621. The van der Waals surface area contributed by atoms with Crippen molar-refractivity contribution in [3.8, 4) is 5.75 Å². The number of benzene rings is 1. The summed E-state index contributed by atoms with van der Waals surface area (Å²) in [5.41, 5.74) is 2.14. The summed E-state index contributed by atoms with van der Waals surface area (Å²) >= 11 is 5.98. The lowest BCUT2D eigenvalue weighted by Crippen LogP contribution is -2.41. The molecule has 1 aliphatic rings. The summed E-state index contributed by atoms with van der Waals surface area (Å²) in [7, 11) is 0. The van der Waals surface area contributed by atoms with Crippen LogP contribution in [0.4, 0.5) is 0 Å². The van der Waals surface area contributed by atoms with Crippen LogP contribution in [-0.4, -0.2) is 32.4 Å². The third kappa shape index (κ3) is 3.35. The molecule has 1 heterocycles. The Balaban J connectivity index is 1.98. The minimum atomic E-state index is 0.137. The second kappa shape index (κ2) is 5.71. The van der Waals surface area contributed by atoms with Crippen molar-refractivity contribution >= 4 is 11.6 Å². The summed E-state index contributed by atoms with van der Waals surface area (Å²) in [5.74, 6) is 0.920. The van der Waals surface area contributed by atoms with Gasteiger partial charge in [0.05, 0.1) is 6.61 Å². The average Bonchev–Trinajstić information content (AvgIpc) is 2.29. The van der Waals surface area contributed by atoms with Gasteiger partial charge in [-0.2, -0.15) is 0 Å². The topological polar surface area (TPSA) is 30.5 Å². The number of hydrogen-bond acceptors (Lipinski definition) is 3. The zero-order valence-electron chi connectivity index (χ0n) is 10.3. The molecule has 4 heteroatoms. The summed E-state index contributed by atoms with van der Waals surface area (Å²) in [6.45, 7) is 7.13. The maximum absolute atomic E-state index is 5.98. The predicted octanol–water partition coefficient (Wildman–Crippen LogP) is 2.32. The highest BCUT2D eigenvalue weighted by Gasteiger charge is 2.15. The minimum absolute atomic E-state index is 0.137. The fourth-order valence-corrected chi connectivity index (χ4v) is 2.36. The largest absolute Gasteiger partial charge is 0.490 e. The molecule has 0 spiro atoms. The van der Waals surface area contributed by atoms with Crippen LogP contribution in [0.25, 0.3) is 0 Å². The minimum Gasteiger partial charge on any atom is -0.490 e. The summed E-state index contributed by atoms with van der Waals surface area (Å²) in [4.78, 5) is 0. The van der Waals surface area contributed by atoms with E-state index in [9.17, 15) is 0 Å². The van der Waals surface area contributed by atoms with Crippen molar-refractivity contribution in [2.24, 2.45) is 0 Å². The molecule has 1 fully saturated rings. The second-order valence-corrected chi connectivity index (χ2v) is 4.81. The average molecular weight is 256 g/mol. The normalized spacial score (nSPS) is 20.3. The van der Waals surface area contributed by atoms with Crippen LogP contribution >= 0.6 is 11.6 Å². The third-order valence-electron chi connectivity index (χ3n) is 2.84. The molecule has 94 valence electrons. The third-order valence-corrected chi connectivity index (χ3v) is 3.06. The van der Waals surface area contributed by atoms with E-state index in [1.54, 1.807) is 0 Å². The number of nitrogens with one attached hydrogen (secondary N) is 1. The first-order valence-electron chi connectivity index (χ1n) is 5.88. The fraction of sp³-hybridized carbons (Fsp3) is 0.538. The van der Waals surface area contributed by atoms with Gasteiger partial charge in [0, 0.05) is 18.1 Å². The summed E-state index contributed by atoms with van der Waals surface area (Å²) < 4.78 is 11.4. The highest BCUT2D eigenvalue weighted by atomic mass is 35.5. The Hall–Kier alpha value is -0.770. The van der Waals surface area contributed by atoms with Gasteiger partial charge in [0.1, 0.15) is 18.5 Å². The van der Waals surface area contributed by atoms with Crippen LogP contribution in [0, 0.1) is 13.8 Å². The summed E-state index contributed by atoms with van der Waals surface area (Å²) in [6, 6.07) is 3.84. The van der Waals surface area contributed by atoms with E-state index in [1.165, 1.54) is 0 Å². The standard InChI is InChI=1S/C13H18ClNO2/c1-9-5-11(14)6-10(2)13(9)17-8-12-7-15-3-4-16-12/h5-6,12,15H,3-4,7-8H2,1-2H3. The molecular weight excluding hydrogens is 238 g/mol. The van der Waals surface area contributed by atoms with Crippen molar-refractivity contribution in [2.75, 3.05) is 26.3 Å². The second-order valence-electron chi connectivity index (χ2n) is 4.38. The molecule has 1 atom stereocenters. The van der Waals surface area contributed by atoms with Crippen LogP contribution in [0.1, 0.15) is 11.1 Å². The number of hydrogen-bond donors (Lipinski definition) is 1. The molecule has 0 aromatic heterocycles. The summed E-state index contributed by atoms with van der Waals surface area (Å²) in [6.07, 6.45) is 0.137. The van der Waals surface area contributed by atoms with Crippen molar-refractivity contribution in [2.45, 2.75) is 20.0 Å². The quantitative estimate of drug-likeness (QED) is 0.899. The number of aryl methyl sites for hydroxylation is 2. The Morgan fingerprint density at radius 1 is 1.41 bits per heavy atom. The maximum atomic E-state index is 5.98. The van der Waals surface area contributed by atoms with E-state index in [1.807, 2.05) is 26.0 Å². The molecule has 17 heavy (non-hydrogen) atoms. The zero-order chi connectivity index (χ0) is 12.3. The molecule has 0 aliphatic carbocycles. The Kier molecular flexibility index (Phi) is 4.26. The van der Waals surface area contributed by atoms with Gasteiger partial charge in [-0.25, -0.2) is 0 Å². The first-order valence-corrected chi connectivity index (χ1v) is 6.26. The fourth-order valence-electron chi connectivity index (χ4n) is 2.03. The molecule has 1 aromatic rings. The van der Waals surface area contributed by atoms with Gasteiger partial charge in [0.2, 0.25) is 0 Å². The highest BCUT2D eigenvalue weighted by molar-refractivity contribution is 6.30. The molecule has 1 aromatic carbocycles. The van der Waals surface area contributed by atoms with Crippen molar-refractivity contribution < 1.29 is 9.47 Å². The number of ether oxygens (including phenoxy) is 2. The Bertz CT molecular complexity index is 366. The molecule has 1 saturated heterocycles. The molecule has 0 bridgehead atoms. The molecule has 1 unspecified atom stereocenters. The van der Waals surface area contributed by atoms with E-state index < -0.39 is 0 Å². The summed E-state index contributed by atoms with van der Waals surface area (Å²) in [5, 5.41) is 4.04. The Morgan fingerprint density at radius 3 is 2.71 bits per heavy atom. The Morgan fingerprint density at radius 2 is 2.12 bits per heavy atom. The van der Waals surface area contributed by atoms with Gasteiger partial charge < -0.3 is 14.8 Å². The molecule has 0 saturated carbocycles. The molecule has 3 nitrogen and oxygen atoms in total. The van der Waals surface area contributed by atoms with Crippen LogP contribution in [0.3, 0.4) is 0 Å². The van der Waals surface area contributed by atoms with E-state index in [0.717, 1.165) is 41.6 Å². The monoisotopic (exact) mass is 255 g/mol. The van der Waals surface area contributed by atoms with Crippen molar-refractivity contribution in [1.82, 2.24) is 5.32 Å². The van der Waals surface area contributed by atoms with Crippen molar-refractivity contribution in [3.63, 3.8) is 0 Å². The first kappa shape index (κ1) is 12.7. The maximum Gasteiger partial charge on any atom is 0.125 e. The molecule has 1 aliphatic heterocycles. The van der Waals surface area contributed by atoms with E-state index in [0.29, 0.717) is 6.61 Å². The van der Waals surface area contributed by atoms with Gasteiger partial charge in [-0.15, -0.1) is 0 Å². The molecule has 1 N–H and O–H groups in total. The Labute approximate surface area is 107 Å². The predicted molar refractivity (Wildman–Crippen MR) is 69.0 cm³/mol. The van der Waals surface area contributed by atoms with Gasteiger partial charge in [0.25, 0.3) is 0 Å². The van der Waals surface area contributed by atoms with Crippen LogP contribution in [0.2, 0.25) is 5.02 Å². The lowest BCUT2D eigenvalue weighted by atomic mass is 10.1. The lowest BCUT2D eigenvalue weighted by Gasteiger charge is -2.24. The van der Waals surface area contributed by atoms with Gasteiger partial charge >= 0.3 is 0 Å². The SMILES string of the molecule is Cc1cc(Cl)cc(C)c1OCC1CNCCO1. The molecule has 0 radical (unpaired) electrons. The van der Waals surface area contributed by atoms with Crippen LogP contribution < -0.4 is 10.1 Å². The smallest absolute Gasteiger partial charge is 0.125 e. The number of morpholine rings is 1.